The quantitative estimate of drug-likeness (QED) is 0.781. The van der Waals surface area contributed by atoms with E-state index in [1.54, 1.807) is 0 Å². The topological polar surface area (TPSA) is 21.3 Å². The van der Waals surface area contributed by atoms with E-state index in [4.69, 9.17) is 16.3 Å². The van der Waals surface area contributed by atoms with Crippen LogP contribution in [0.2, 0.25) is 5.02 Å². The predicted molar refractivity (Wildman–Crippen MR) is 65.0 cm³/mol. The van der Waals surface area contributed by atoms with Gasteiger partial charge in [0.05, 0.1) is 0 Å². The first kappa shape index (κ1) is 12.3. The van der Waals surface area contributed by atoms with Crippen molar-refractivity contribution in [3.63, 3.8) is 0 Å². The molecule has 0 aliphatic carbocycles. The largest absolute Gasteiger partial charge is 0.492 e. The molecule has 0 aromatic heterocycles. The maximum Gasteiger partial charge on any atom is 0.125 e. The molecule has 1 aromatic rings. The van der Waals surface area contributed by atoms with Crippen molar-refractivity contribution in [3.05, 3.63) is 28.3 Å². The summed E-state index contributed by atoms with van der Waals surface area (Å²) in [6.45, 7) is 8.65. The van der Waals surface area contributed by atoms with Gasteiger partial charge in [0.15, 0.2) is 0 Å². The lowest BCUT2D eigenvalue weighted by Gasteiger charge is -2.12. The van der Waals surface area contributed by atoms with Gasteiger partial charge in [0.25, 0.3) is 0 Å². The Hall–Kier alpha value is -0.730. The second-order valence-corrected chi connectivity index (χ2v) is 4.01. The predicted octanol–water partition coefficient (Wildman–Crippen LogP) is 2.95. The summed E-state index contributed by atoms with van der Waals surface area (Å²) in [5.41, 5.74) is 2.19. The Morgan fingerprint density at radius 1 is 1.27 bits per heavy atom. The molecule has 15 heavy (non-hydrogen) atoms. The SMILES string of the molecule is CCNCCOc1c(C)cc(Cl)cc1C. The highest BCUT2D eigenvalue weighted by atomic mass is 35.5. The fourth-order valence-electron chi connectivity index (χ4n) is 1.53. The molecule has 2 nitrogen and oxygen atoms in total. The number of benzene rings is 1. The number of rotatable bonds is 5. The summed E-state index contributed by atoms with van der Waals surface area (Å²) in [7, 11) is 0. The van der Waals surface area contributed by atoms with Gasteiger partial charge >= 0.3 is 0 Å². The van der Waals surface area contributed by atoms with E-state index in [-0.39, 0.29) is 0 Å². The van der Waals surface area contributed by atoms with Crippen molar-refractivity contribution >= 4 is 11.6 Å². The van der Waals surface area contributed by atoms with Gasteiger partial charge in [0.1, 0.15) is 12.4 Å². The molecule has 1 aromatic carbocycles. The third kappa shape index (κ3) is 3.73. The Morgan fingerprint density at radius 2 is 1.87 bits per heavy atom. The Morgan fingerprint density at radius 3 is 2.40 bits per heavy atom. The summed E-state index contributed by atoms with van der Waals surface area (Å²) < 4.78 is 5.70. The summed E-state index contributed by atoms with van der Waals surface area (Å²) in [4.78, 5) is 0. The Labute approximate surface area is 96.6 Å². The molecule has 0 saturated heterocycles. The van der Waals surface area contributed by atoms with Crippen LogP contribution in [0, 0.1) is 13.8 Å². The van der Waals surface area contributed by atoms with E-state index < -0.39 is 0 Å². The lowest BCUT2D eigenvalue weighted by molar-refractivity contribution is 0.311. The molecule has 0 heterocycles. The molecular weight excluding hydrogens is 210 g/mol. The molecule has 0 bridgehead atoms. The zero-order chi connectivity index (χ0) is 11.3. The van der Waals surface area contributed by atoms with E-state index in [0.717, 1.165) is 35.0 Å². The first-order valence-corrected chi connectivity index (χ1v) is 5.63. The maximum atomic E-state index is 5.94. The summed E-state index contributed by atoms with van der Waals surface area (Å²) in [6, 6.07) is 3.86. The van der Waals surface area contributed by atoms with Crippen LogP contribution in [0.4, 0.5) is 0 Å². The van der Waals surface area contributed by atoms with Gasteiger partial charge < -0.3 is 10.1 Å². The maximum absolute atomic E-state index is 5.94. The minimum absolute atomic E-state index is 0.692. The third-order valence-electron chi connectivity index (χ3n) is 2.20. The van der Waals surface area contributed by atoms with Gasteiger partial charge in [-0.15, -0.1) is 0 Å². The number of hydrogen-bond donors (Lipinski definition) is 1. The van der Waals surface area contributed by atoms with E-state index in [9.17, 15) is 0 Å². The normalized spacial score (nSPS) is 10.4. The van der Waals surface area contributed by atoms with Gasteiger partial charge in [-0.05, 0) is 43.7 Å². The van der Waals surface area contributed by atoms with Crippen LogP contribution >= 0.6 is 11.6 Å². The molecule has 0 saturated carbocycles. The number of likely N-dealkylation sites (N-methyl/N-ethyl adjacent to an activating group) is 1. The number of aryl methyl sites for hydroxylation is 2. The summed E-state index contributed by atoms with van der Waals surface area (Å²) in [5.74, 6) is 0.956. The lowest BCUT2D eigenvalue weighted by Crippen LogP contribution is -2.20. The van der Waals surface area contributed by atoms with E-state index in [1.165, 1.54) is 0 Å². The minimum atomic E-state index is 0.692. The molecule has 0 aliphatic rings. The highest BCUT2D eigenvalue weighted by Gasteiger charge is 2.04. The van der Waals surface area contributed by atoms with Gasteiger partial charge in [-0.3, -0.25) is 0 Å². The summed E-state index contributed by atoms with van der Waals surface area (Å²) >= 11 is 5.94. The molecule has 0 atom stereocenters. The molecule has 1 N–H and O–H groups in total. The van der Waals surface area contributed by atoms with Crippen LogP contribution in [0.5, 0.6) is 5.75 Å². The van der Waals surface area contributed by atoms with Crippen molar-refractivity contribution in [2.24, 2.45) is 0 Å². The van der Waals surface area contributed by atoms with Crippen LogP contribution in [0.1, 0.15) is 18.1 Å². The Bertz CT molecular complexity index is 302. The average molecular weight is 228 g/mol. The van der Waals surface area contributed by atoms with Crippen molar-refractivity contribution in [2.45, 2.75) is 20.8 Å². The van der Waals surface area contributed by atoms with Crippen LogP contribution in [-0.2, 0) is 0 Å². The van der Waals surface area contributed by atoms with E-state index in [0.29, 0.717) is 6.61 Å². The number of nitrogens with one attached hydrogen (secondary N) is 1. The highest BCUT2D eigenvalue weighted by Crippen LogP contribution is 2.26. The van der Waals surface area contributed by atoms with Gasteiger partial charge in [0, 0.05) is 11.6 Å². The smallest absolute Gasteiger partial charge is 0.125 e. The fourth-order valence-corrected chi connectivity index (χ4v) is 1.85. The molecule has 0 aliphatic heterocycles. The van der Waals surface area contributed by atoms with Crippen molar-refractivity contribution in [1.29, 1.82) is 0 Å². The lowest BCUT2D eigenvalue weighted by atomic mass is 10.1. The number of ether oxygens (including phenoxy) is 1. The molecular formula is C12H18ClNO. The zero-order valence-electron chi connectivity index (χ0n) is 9.56. The van der Waals surface area contributed by atoms with E-state index in [1.807, 2.05) is 26.0 Å². The van der Waals surface area contributed by atoms with E-state index >= 15 is 0 Å². The summed E-state index contributed by atoms with van der Waals surface area (Å²) in [5, 5.41) is 3.99. The molecule has 84 valence electrons. The molecule has 0 fully saturated rings. The van der Waals surface area contributed by atoms with Crippen LogP contribution in [-0.4, -0.2) is 19.7 Å². The third-order valence-corrected chi connectivity index (χ3v) is 2.42. The second-order valence-electron chi connectivity index (χ2n) is 3.57. The zero-order valence-corrected chi connectivity index (χ0v) is 10.3. The highest BCUT2D eigenvalue weighted by molar-refractivity contribution is 6.30. The summed E-state index contributed by atoms with van der Waals surface area (Å²) in [6.07, 6.45) is 0. The monoisotopic (exact) mass is 227 g/mol. The standard InChI is InChI=1S/C12H18ClNO/c1-4-14-5-6-15-12-9(2)7-11(13)8-10(12)3/h7-8,14H,4-6H2,1-3H3. The van der Waals surface area contributed by atoms with Crippen molar-refractivity contribution in [3.8, 4) is 5.75 Å². The van der Waals surface area contributed by atoms with Gasteiger partial charge in [-0.2, -0.15) is 0 Å². The number of hydrogen-bond acceptors (Lipinski definition) is 2. The molecule has 0 radical (unpaired) electrons. The van der Waals surface area contributed by atoms with Crippen LogP contribution < -0.4 is 10.1 Å². The molecule has 0 spiro atoms. The molecule has 0 unspecified atom stereocenters. The molecule has 0 amide bonds. The van der Waals surface area contributed by atoms with E-state index in [2.05, 4.69) is 12.2 Å². The van der Waals surface area contributed by atoms with Crippen molar-refractivity contribution < 1.29 is 4.74 Å². The first-order chi connectivity index (χ1) is 7.15. The fraction of sp³-hybridized carbons (Fsp3) is 0.500. The van der Waals surface area contributed by atoms with Crippen molar-refractivity contribution in [1.82, 2.24) is 5.32 Å². The second kappa shape index (κ2) is 5.99. The first-order valence-electron chi connectivity index (χ1n) is 5.25. The van der Waals surface area contributed by atoms with Crippen molar-refractivity contribution in [2.75, 3.05) is 19.7 Å². The van der Waals surface area contributed by atoms with Gasteiger partial charge in [-0.1, -0.05) is 18.5 Å². The van der Waals surface area contributed by atoms with Crippen LogP contribution in [0.3, 0.4) is 0 Å². The number of halogens is 1. The minimum Gasteiger partial charge on any atom is -0.492 e. The Kier molecular flexibility index (Phi) is 4.92. The molecule has 1 rings (SSSR count). The van der Waals surface area contributed by atoms with Gasteiger partial charge in [-0.25, -0.2) is 0 Å². The van der Waals surface area contributed by atoms with Crippen LogP contribution in [0.25, 0.3) is 0 Å². The molecule has 3 heteroatoms. The van der Waals surface area contributed by atoms with Gasteiger partial charge in [0.2, 0.25) is 0 Å². The Balaban J connectivity index is 2.60. The average Bonchev–Trinajstić information content (AvgIpc) is 2.15. The van der Waals surface area contributed by atoms with Crippen LogP contribution in [0.15, 0.2) is 12.1 Å².